The van der Waals surface area contributed by atoms with Gasteiger partial charge in [-0.3, -0.25) is 9.48 Å². The lowest BCUT2D eigenvalue weighted by molar-refractivity contribution is -0.119. The minimum atomic E-state index is -3.31. The van der Waals surface area contributed by atoms with Crippen LogP contribution in [-0.4, -0.2) is 49.3 Å². The molecule has 1 aromatic rings. The topological polar surface area (TPSA) is 90.3 Å². The molecule has 0 saturated heterocycles. The molecule has 122 valence electrons. The van der Waals surface area contributed by atoms with Gasteiger partial charge in [0.15, 0.2) is 9.84 Å². The first-order chi connectivity index (χ1) is 10.4. The second-order valence-corrected chi connectivity index (χ2v) is 8.33. The number of carbonyl (C=O) groups excluding carboxylic acids is 1. The molecule has 1 atom stereocenters. The second kappa shape index (κ2) is 6.00. The number of nitrogens with one attached hydrogen (secondary N) is 1. The van der Waals surface area contributed by atoms with E-state index < -0.39 is 21.5 Å². The van der Waals surface area contributed by atoms with Gasteiger partial charge in [-0.05, 0) is 30.7 Å². The van der Waals surface area contributed by atoms with Gasteiger partial charge >= 0.3 is 0 Å². The number of sulfone groups is 1. The van der Waals surface area contributed by atoms with Crippen molar-refractivity contribution in [1.29, 1.82) is 0 Å². The predicted molar refractivity (Wildman–Crippen MR) is 80.1 cm³/mol. The monoisotopic (exact) mass is 327 g/mol. The standard InChI is InChI=1S/C14H21N3O4S/c1-22(19,20)9-13(18)15-6-12-14-11(4-5-21-12)8-17(16-14)7-10-2-3-10/h8,10,12H,2-7,9H2,1H3,(H,15,18). The summed E-state index contributed by atoms with van der Waals surface area (Å²) in [4.78, 5) is 11.6. The van der Waals surface area contributed by atoms with E-state index in [1.165, 1.54) is 12.8 Å². The summed E-state index contributed by atoms with van der Waals surface area (Å²) in [6.07, 6.45) is 6.18. The first-order valence-corrected chi connectivity index (χ1v) is 9.59. The van der Waals surface area contributed by atoms with Crippen LogP contribution in [0.25, 0.3) is 0 Å². The first kappa shape index (κ1) is 15.5. The summed E-state index contributed by atoms with van der Waals surface area (Å²) in [6, 6.07) is 0. The molecule has 0 aromatic carbocycles. The molecule has 0 bridgehead atoms. The molecular weight excluding hydrogens is 306 g/mol. The molecule has 0 spiro atoms. The lowest BCUT2D eigenvalue weighted by Crippen LogP contribution is -2.35. The van der Waals surface area contributed by atoms with Crippen molar-refractivity contribution < 1.29 is 17.9 Å². The average Bonchev–Trinajstić information content (AvgIpc) is 3.11. The molecule has 1 amide bonds. The fourth-order valence-corrected chi connectivity index (χ4v) is 3.22. The van der Waals surface area contributed by atoms with Crippen molar-refractivity contribution in [2.45, 2.75) is 31.9 Å². The van der Waals surface area contributed by atoms with Crippen molar-refractivity contribution in [3.05, 3.63) is 17.5 Å². The Balaban J connectivity index is 1.61. The zero-order chi connectivity index (χ0) is 15.7. The summed E-state index contributed by atoms with van der Waals surface area (Å²) < 4.78 is 29.8. The van der Waals surface area contributed by atoms with Gasteiger partial charge in [0.1, 0.15) is 11.9 Å². The molecule has 1 unspecified atom stereocenters. The van der Waals surface area contributed by atoms with E-state index in [4.69, 9.17) is 4.74 Å². The molecule has 22 heavy (non-hydrogen) atoms. The maximum absolute atomic E-state index is 11.6. The van der Waals surface area contributed by atoms with Gasteiger partial charge in [0.05, 0.1) is 12.3 Å². The number of amides is 1. The molecule has 7 nitrogen and oxygen atoms in total. The molecule has 1 aliphatic heterocycles. The normalized spacial score (nSPS) is 21.4. The number of hydrogen-bond donors (Lipinski definition) is 1. The maximum atomic E-state index is 11.6. The maximum Gasteiger partial charge on any atom is 0.235 e. The Morgan fingerprint density at radius 1 is 1.50 bits per heavy atom. The number of carbonyl (C=O) groups is 1. The van der Waals surface area contributed by atoms with Crippen molar-refractivity contribution in [2.24, 2.45) is 5.92 Å². The van der Waals surface area contributed by atoms with E-state index in [0.29, 0.717) is 6.61 Å². The predicted octanol–water partition coefficient (Wildman–Crippen LogP) is 0.0677. The lowest BCUT2D eigenvalue weighted by Gasteiger charge is -2.22. The molecule has 3 rings (SSSR count). The SMILES string of the molecule is CS(=O)(=O)CC(=O)NCC1OCCc2cn(CC3CC3)nc21. The molecule has 0 radical (unpaired) electrons. The molecule has 1 fully saturated rings. The summed E-state index contributed by atoms with van der Waals surface area (Å²) in [5.41, 5.74) is 2.03. The Morgan fingerprint density at radius 2 is 2.27 bits per heavy atom. The number of rotatable bonds is 6. The zero-order valence-electron chi connectivity index (χ0n) is 12.6. The van der Waals surface area contributed by atoms with Gasteiger partial charge in [-0.2, -0.15) is 5.10 Å². The van der Waals surface area contributed by atoms with Gasteiger partial charge in [-0.25, -0.2) is 8.42 Å². The van der Waals surface area contributed by atoms with Gasteiger partial charge < -0.3 is 10.1 Å². The third kappa shape index (κ3) is 4.07. The van der Waals surface area contributed by atoms with Crippen molar-refractivity contribution in [1.82, 2.24) is 15.1 Å². The van der Waals surface area contributed by atoms with Crippen LogP contribution in [0.5, 0.6) is 0 Å². The lowest BCUT2D eigenvalue weighted by atomic mass is 10.1. The number of fused-ring (bicyclic) bond motifs is 1. The van der Waals surface area contributed by atoms with Crippen LogP contribution in [-0.2, 0) is 32.3 Å². The van der Waals surface area contributed by atoms with Crippen LogP contribution in [0.3, 0.4) is 0 Å². The van der Waals surface area contributed by atoms with Gasteiger partial charge in [-0.15, -0.1) is 0 Å². The number of nitrogens with zero attached hydrogens (tertiary/aromatic N) is 2. The molecule has 2 aliphatic rings. The third-order valence-corrected chi connectivity index (χ3v) is 4.67. The quantitative estimate of drug-likeness (QED) is 0.798. The Bertz CT molecular complexity index is 664. The Hall–Kier alpha value is -1.41. The van der Waals surface area contributed by atoms with Crippen LogP contribution in [0.2, 0.25) is 0 Å². The Labute approximate surface area is 129 Å². The first-order valence-electron chi connectivity index (χ1n) is 7.53. The Morgan fingerprint density at radius 3 is 2.95 bits per heavy atom. The average molecular weight is 327 g/mol. The highest BCUT2D eigenvalue weighted by molar-refractivity contribution is 7.91. The zero-order valence-corrected chi connectivity index (χ0v) is 13.4. The highest BCUT2D eigenvalue weighted by Crippen LogP contribution is 2.32. The minimum Gasteiger partial charge on any atom is -0.370 e. The fraction of sp³-hybridized carbons (Fsp3) is 0.714. The molecule has 1 N–H and O–H groups in total. The number of hydrogen-bond acceptors (Lipinski definition) is 5. The summed E-state index contributed by atoms with van der Waals surface area (Å²) >= 11 is 0. The van der Waals surface area contributed by atoms with Crippen LogP contribution >= 0.6 is 0 Å². The van der Waals surface area contributed by atoms with E-state index in [0.717, 1.165) is 36.4 Å². The van der Waals surface area contributed by atoms with E-state index in [1.54, 1.807) is 0 Å². The smallest absolute Gasteiger partial charge is 0.235 e. The van der Waals surface area contributed by atoms with Gasteiger partial charge in [0.2, 0.25) is 5.91 Å². The largest absolute Gasteiger partial charge is 0.370 e. The summed E-state index contributed by atoms with van der Waals surface area (Å²) in [5, 5.41) is 7.21. The Kier molecular flexibility index (Phi) is 4.22. The molecule has 1 aliphatic carbocycles. The number of aromatic nitrogens is 2. The van der Waals surface area contributed by atoms with Crippen molar-refractivity contribution in [2.75, 3.05) is 25.2 Å². The second-order valence-electron chi connectivity index (χ2n) is 6.19. The van der Waals surface area contributed by atoms with Gasteiger partial charge in [0.25, 0.3) is 0 Å². The van der Waals surface area contributed by atoms with E-state index in [1.807, 2.05) is 4.68 Å². The summed E-state index contributed by atoms with van der Waals surface area (Å²) in [5.74, 6) is -0.256. The van der Waals surface area contributed by atoms with Crippen molar-refractivity contribution in [3.63, 3.8) is 0 Å². The fourth-order valence-electron chi connectivity index (χ4n) is 2.64. The third-order valence-electron chi connectivity index (χ3n) is 3.89. The van der Waals surface area contributed by atoms with Crippen LogP contribution in [0.1, 0.15) is 30.2 Å². The highest BCUT2D eigenvalue weighted by Gasteiger charge is 2.27. The molecule has 2 heterocycles. The van der Waals surface area contributed by atoms with Gasteiger partial charge in [0, 0.05) is 25.5 Å². The van der Waals surface area contributed by atoms with Crippen LogP contribution < -0.4 is 5.32 Å². The van der Waals surface area contributed by atoms with Crippen LogP contribution in [0.15, 0.2) is 6.20 Å². The summed E-state index contributed by atoms with van der Waals surface area (Å²) in [6.45, 7) is 1.79. The molecule has 8 heteroatoms. The molecule has 1 saturated carbocycles. The molecule has 1 aromatic heterocycles. The number of ether oxygens (including phenoxy) is 1. The van der Waals surface area contributed by atoms with E-state index >= 15 is 0 Å². The van der Waals surface area contributed by atoms with E-state index in [2.05, 4.69) is 16.6 Å². The highest BCUT2D eigenvalue weighted by atomic mass is 32.2. The van der Waals surface area contributed by atoms with E-state index in [-0.39, 0.29) is 12.6 Å². The van der Waals surface area contributed by atoms with Crippen molar-refractivity contribution >= 4 is 15.7 Å². The van der Waals surface area contributed by atoms with Crippen molar-refractivity contribution in [3.8, 4) is 0 Å². The van der Waals surface area contributed by atoms with Crippen LogP contribution in [0.4, 0.5) is 0 Å². The van der Waals surface area contributed by atoms with Crippen LogP contribution in [0, 0.1) is 5.92 Å². The minimum absolute atomic E-state index is 0.252. The summed E-state index contributed by atoms with van der Waals surface area (Å²) in [7, 11) is -3.31. The van der Waals surface area contributed by atoms with E-state index in [9.17, 15) is 13.2 Å². The molecular formula is C14H21N3O4S. The van der Waals surface area contributed by atoms with Gasteiger partial charge in [-0.1, -0.05) is 0 Å².